The molecule has 3 rings (SSSR count). The third kappa shape index (κ3) is 3.18. The molecule has 0 aromatic carbocycles. The summed E-state index contributed by atoms with van der Waals surface area (Å²) in [7, 11) is 0. The van der Waals surface area contributed by atoms with Gasteiger partial charge in [-0.05, 0) is 18.9 Å². The Morgan fingerprint density at radius 2 is 2.19 bits per heavy atom. The summed E-state index contributed by atoms with van der Waals surface area (Å²) in [4.78, 5) is 8.69. The fourth-order valence-corrected chi connectivity index (χ4v) is 2.16. The highest BCUT2D eigenvalue weighted by Crippen LogP contribution is 2.17. The first-order valence-corrected chi connectivity index (χ1v) is 7.22. The molecule has 0 aliphatic rings. The number of fused-ring (bicyclic) bond motifs is 1. The Labute approximate surface area is 123 Å². The zero-order valence-corrected chi connectivity index (χ0v) is 12.1. The first kappa shape index (κ1) is 13.5. The van der Waals surface area contributed by atoms with Crippen molar-refractivity contribution in [1.82, 2.24) is 19.6 Å². The minimum atomic E-state index is 0.472. The molecule has 0 radical (unpaired) electrons. The minimum absolute atomic E-state index is 0.472. The lowest BCUT2D eigenvalue weighted by Crippen LogP contribution is -2.04. The SMILES string of the molecule is CCCCc1cc(OCc2cccnc2)n2nccc2n1. The number of aryl methyl sites for hydroxylation is 1. The van der Waals surface area contributed by atoms with Gasteiger partial charge in [0.15, 0.2) is 5.65 Å². The normalized spacial score (nSPS) is 10.9. The summed E-state index contributed by atoms with van der Waals surface area (Å²) in [5.74, 6) is 0.722. The molecular weight excluding hydrogens is 264 g/mol. The Balaban J connectivity index is 1.83. The van der Waals surface area contributed by atoms with Crippen LogP contribution in [0.2, 0.25) is 0 Å². The highest BCUT2D eigenvalue weighted by Gasteiger charge is 2.07. The maximum Gasteiger partial charge on any atom is 0.218 e. The Morgan fingerprint density at radius 3 is 3.00 bits per heavy atom. The van der Waals surface area contributed by atoms with Crippen LogP contribution in [0.4, 0.5) is 0 Å². The third-order valence-corrected chi connectivity index (χ3v) is 3.28. The molecule has 3 aromatic heterocycles. The monoisotopic (exact) mass is 282 g/mol. The number of ether oxygens (including phenoxy) is 1. The first-order chi connectivity index (χ1) is 10.4. The number of hydrogen-bond acceptors (Lipinski definition) is 4. The summed E-state index contributed by atoms with van der Waals surface area (Å²) in [5.41, 5.74) is 2.90. The van der Waals surface area contributed by atoms with E-state index in [1.165, 1.54) is 0 Å². The lowest BCUT2D eigenvalue weighted by Gasteiger charge is -2.09. The number of nitrogens with zero attached hydrogens (tertiary/aromatic N) is 4. The average Bonchev–Trinajstić information content (AvgIpc) is 3.00. The van der Waals surface area contributed by atoms with Crippen LogP contribution in [0.25, 0.3) is 5.65 Å². The van der Waals surface area contributed by atoms with Gasteiger partial charge in [-0.1, -0.05) is 19.4 Å². The van der Waals surface area contributed by atoms with Gasteiger partial charge in [0.05, 0.1) is 6.20 Å². The van der Waals surface area contributed by atoms with E-state index in [0.717, 1.165) is 42.0 Å². The van der Waals surface area contributed by atoms with E-state index >= 15 is 0 Å². The van der Waals surface area contributed by atoms with Gasteiger partial charge in [-0.3, -0.25) is 4.98 Å². The molecule has 0 spiro atoms. The van der Waals surface area contributed by atoms with Crippen LogP contribution < -0.4 is 4.74 Å². The first-order valence-electron chi connectivity index (χ1n) is 7.22. The van der Waals surface area contributed by atoms with Crippen molar-refractivity contribution in [3.8, 4) is 5.88 Å². The Morgan fingerprint density at radius 1 is 1.24 bits per heavy atom. The molecule has 0 amide bonds. The minimum Gasteiger partial charge on any atom is -0.473 e. The lowest BCUT2D eigenvalue weighted by atomic mass is 10.2. The van der Waals surface area contributed by atoms with Crippen molar-refractivity contribution < 1.29 is 4.74 Å². The van der Waals surface area contributed by atoms with Crippen molar-refractivity contribution in [2.45, 2.75) is 32.8 Å². The van der Waals surface area contributed by atoms with Crippen LogP contribution >= 0.6 is 0 Å². The van der Waals surface area contributed by atoms with Gasteiger partial charge < -0.3 is 4.74 Å². The summed E-state index contributed by atoms with van der Waals surface area (Å²) in [5, 5.41) is 4.27. The maximum atomic E-state index is 5.90. The lowest BCUT2D eigenvalue weighted by molar-refractivity contribution is 0.284. The third-order valence-electron chi connectivity index (χ3n) is 3.28. The summed E-state index contributed by atoms with van der Waals surface area (Å²) >= 11 is 0. The fourth-order valence-electron chi connectivity index (χ4n) is 2.16. The van der Waals surface area contributed by atoms with E-state index in [-0.39, 0.29) is 0 Å². The molecule has 0 unspecified atom stereocenters. The van der Waals surface area contributed by atoms with Crippen LogP contribution in [0.5, 0.6) is 5.88 Å². The van der Waals surface area contributed by atoms with E-state index < -0.39 is 0 Å². The number of unbranched alkanes of at least 4 members (excludes halogenated alkanes) is 1. The molecule has 3 heterocycles. The van der Waals surface area contributed by atoms with Gasteiger partial charge in [-0.25, -0.2) is 4.98 Å². The molecule has 108 valence electrons. The maximum absolute atomic E-state index is 5.90. The van der Waals surface area contributed by atoms with Gasteiger partial charge in [-0.2, -0.15) is 9.61 Å². The van der Waals surface area contributed by atoms with Gasteiger partial charge in [0.25, 0.3) is 0 Å². The molecule has 0 aliphatic carbocycles. The smallest absolute Gasteiger partial charge is 0.218 e. The Kier molecular flexibility index (Phi) is 4.09. The number of hydrogen-bond donors (Lipinski definition) is 0. The van der Waals surface area contributed by atoms with Crippen LogP contribution in [0.3, 0.4) is 0 Å². The van der Waals surface area contributed by atoms with E-state index in [2.05, 4.69) is 22.0 Å². The van der Waals surface area contributed by atoms with Gasteiger partial charge in [-0.15, -0.1) is 0 Å². The highest BCUT2D eigenvalue weighted by atomic mass is 16.5. The molecule has 0 saturated carbocycles. The van der Waals surface area contributed by atoms with Crippen LogP contribution in [0.15, 0.2) is 42.9 Å². The predicted molar refractivity (Wildman–Crippen MR) is 80.2 cm³/mol. The molecule has 0 N–H and O–H groups in total. The summed E-state index contributed by atoms with van der Waals surface area (Å²) in [6.45, 7) is 2.65. The van der Waals surface area contributed by atoms with Gasteiger partial charge >= 0.3 is 0 Å². The van der Waals surface area contributed by atoms with Crippen LogP contribution in [0.1, 0.15) is 31.0 Å². The van der Waals surface area contributed by atoms with E-state index in [1.807, 2.05) is 24.3 Å². The van der Waals surface area contributed by atoms with E-state index in [4.69, 9.17) is 4.74 Å². The van der Waals surface area contributed by atoms with E-state index in [9.17, 15) is 0 Å². The molecule has 0 aliphatic heterocycles. The van der Waals surface area contributed by atoms with Crippen molar-refractivity contribution in [1.29, 1.82) is 0 Å². The zero-order valence-electron chi connectivity index (χ0n) is 12.1. The van der Waals surface area contributed by atoms with Crippen LogP contribution in [-0.4, -0.2) is 19.6 Å². The molecular formula is C16H18N4O. The van der Waals surface area contributed by atoms with Crippen molar-refractivity contribution in [2.75, 3.05) is 0 Å². The topological polar surface area (TPSA) is 52.3 Å². The molecule has 5 heteroatoms. The Bertz CT molecular complexity index is 709. The van der Waals surface area contributed by atoms with Crippen molar-refractivity contribution in [3.05, 3.63) is 54.1 Å². The van der Waals surface area contributed by atoms with Gasteiger partial charge in [0, 0.05) is 35.8 Å². The number of aromatic nitrogens is 4. The van der Waals surface area contributed by atoms with Crippen molar-refractivity contribution in [3.63, 3.8) is 0 Å². The fraction of sp³-hybridized carbons (Fsp3) is 0.312. The zero-order chi connectivity index (χ0) is 14.5. The Hall–Kier alpha value is -2.43. The predicted octanol–water partition coefficient (Wildman–Crippen LogP) is 3.05. The molecule has 0 atom stereocenters. The second-order valence-corrected chi connectivity index (χ2v) is 4.94. The second kappa shape index (κ2) is 6.35. The van der Waals surface area contributed by atoms with Gasteiger partial charge in [0.1, 0.15) is 6.61 Å². The van der Waals surface area contributed by atoms with Gasteiger partial charge in [0.2, 0.25) is 5.88 Å². The summed E-state index contributed by atoms with van der Waals surface area (Å²) in [6, 6.07) is 7.77. The van der Waals surface area contributed by atoms with E-state index in [0.29, 0.717) is 6.61 Å². The summed E-state index contributed by atoms with van der Waals surface area (Å²) < 4.78 is 7.63. The van der Waals surface area contributed by atoms with Crippen LogP contribution in [-0.2, 0) is 13.0 Å². The quantitative estimate of drug-likeness (QED) is 0.697. The average molecular weight is 282 g/mol. The second-order valence-electron chi connectivity index (χ2n) is 4.94. The molecule has 0 fully saturated rings. The molecule has 5 nitrogen and oxygen atoms in total. The standard InChI is InChI=1S/C16H18N4O/c1-2-3-6-14-10-16(20-15(19-14)7-9-18-20)21-12-13-5-4-8-17-11-13/h4-5,7-11H,2-3,6,12H2,1H3. The van der Waals surface area contributed by atoms with Crippen molar-refractivity contribution >= 4 is 5.65 Å². The number of pyridine rings is 1. The number of rotatable bonds is 6. The van der Waals surface area contributed by atoms with E-state index in [1.54, 1.807) is 23.1 Å². The molecule has 3 aromatic rings. The molecule has 0 bridgehead atoms. The molecule has 21 heavy (non-hydrogen) atoms. The largest absolute Gasteiger partial charge is 0.473 e. The van der Waals surface area contributed by atoms with Crippen LogP contribution in [0, 0.1) is 0 Å². The molecule has 0 saturated heterocycles. The highest BCUT2D eigenvalue weighted by molar-refractivity contribution is 5.41. The van der Waals surface area contributed by atoms with Crippen molar-refractivity contribution in [2.24, 2.45) is 0 Å². The summed E-state index contributed by atoms with van der Waals surface area (Å²) in [6.07, 6.45) is 8.53.